The first-order chi connectivity index (χ1) is 14.3. The normalized spacial score (nSPS) is 11.8. The van der Waals surface area contributed by atoms with Crippen molar-refractivity contribution in [3.63, 3.8) is 0 Å². The Morgan fingerprint density at radius 3 is 2.27 bits per heavy atom. The number of nitrogens with one attached hydrogen (secondary N) is 1. The Balaban J connectivity index is 2.13. The fourth-order valence-corrected chi connectivity index (χ4v) is 4.28. The molecule has 1 N–H and O–H groups in total. The molecule has 0 spiro atoms. The van der Waals surface area contributed by atoms with E-state index >= 15 is 0 Å². The number of hydrogen-bond acceptors (Lipinski definition) is 3. The van der Waals surface area contributed by atoms with Crippen LogP contribution in [0.3, 0.4) is 0 Å². The molecule has 0 aliphatic heterocycles. The average Bonchev–Trinajstić information content (AvgIpc) is 2.72. The highest BCUT2D eigenvalue weighted by atomic mass is 35.5. The van der Waals surface area contributed by atoms with Gasteiger partial charge in [0.15, 0.2) is 0 Å². The standard InChI is InChI=1S/C22H25Cl3N2O2S/c1-3-20(22(29)26-4-2)27(12-16-7-10-18(24)19(25)11-16)21(28)14-30-13-15-5-8-17(23)9-6-15/h5-11,20H,3-4,12-14H2,1-2H3,(H,26,29)/t20-/m0/s1. The summed E-state index contributed by atoms with van der Waals surface area (Å²) in [5.74, 6) is 0.690. The SMILES string of the molecule is CCNC(=O)[C@H](CC)N(Cc1ccc(Cl)c(Cl)c1)C(=O)CSCc1ccc(Cl)cc1. The summed E-state index contributed by atoms with van der Waals surface area (Å²) in [5, 5.41) is 4.38. The van der Waals surface area contributed by atoms with E-state index in [1.807, 2.05) is 44.2 Å². The smallest absolute Gasteiger partial charge is 0.242 e. The number of carbonyl (C=O) groups is 2. The van der Waals surface area contributed by atoms with Crippen molar-refractivity contribution in [2.45, 2.75) is 38.6 Å². The molecule has 0 heterocycles. The van der Waals surface area contributed by atoms with Gasteiger partial charge in [0.05, 0.1) is 15.8 Å². The molecule has 2 aromatic carbocycles. The van der Waals surface area contributed by atoms with Crippen molar-refractivity contribution < 1.29 is 9.59 Å². The fraction of sp³-hybridized carbons (Fsp3) is 0.364. The van der Waals surface area contributed by atoms with Crippen LogP contribution in [-0.2, 0) is 21.9 Å². The van der Waals surface area contributed by atoms with Crippen LogP contribution >= 0.6 is 46.6 Å². The van der Waals surface area contributed by atoms with Crippen LogP contribution in [0.2, 0.25) is 15.1 Å². The largest absolute Gasteiger partial charge is 0.355 e. The molecular weight excluding hydrogens is 463 g/mol. The highest BCUT2D eigenvalue weighted by molar-refractivity contribution is 7.99. The third-order valence-electron chi connectivity index (χ3n) is 4.48. The van der Waals surface area contributed by atoms with Crippen molar-refractivity contribution in [3.8, 4) is 0 Å². The van der Waals surface area contributed by atoms with Crippen LogP contribution in [0.1, 0.15) is 31.4 Å². The Bertz CT molecular complexity index is 862. The van der Waals surface area contributed by atoms with Crippen LogP contribution in [-0.4, -0.2) is 35.1 Å². The zero-order valence-corrected chi connectivity index (χ0v) is 20.0. The van der Waals surface area contributed by atoms with Crippen molar-refractivity contribution in [3.05, 3.63) is 68.7 Å². The molecule has 8 heteroatoms. The van der Waals surface area contributed by atoms with Gasteiger partial charge in [-0.05, 0) is 48.7 Å². The first kappa shape index (κ1) is 24.9. The highest BCUT2D eigenvalue weighted by Gasteiger charge is 2.28. The minimum Gasteiger partial charge on any atom is -0.355 e. The molecule has 0 aromatic heterocycles. The zero-order valence-electron chi connectivity index (χ0n) is 17.0. The average molecular weight is 488 g/mol. The zero-order chi connectivity index (χ0) is 22.1. The highest BCUT2D eigenvalue weighted by Crippen LogP contribution is 2.24. The maximum absolute atomic E-state index is 13.1. The van der Waals surface area contributed by atoms with Crippen LogP contribution < -0.4 is 5.32 Å². The van der Waals surface area contributed by atoms with Crippen molar-refractivity contribution >= 4 is 58.4 Å². The van der Waals surface area contributed by atoms with Crippen molar-refractivity contribution in [1.29, 1.82) is 0 Å². The lowest BCUT2D eigenvalue weighted by Gasteiger charge is -2.30. The summed E-state index contributed by atoms with van der Waals surface area (Å²) in [5.41, 5.74) is 1.91. The molecular formula is C22H25Cl3N2O2S. The molecule has 0 bridgehead atoms. The number of carbonyl (C=O) groups excluding carboxylic acids is 2. The van der Waals surface area contributed by atoms with Gasteiger partial charge in [0, 0.05) is 23.9 Å². The first-order valence-corrected chi connectivity index (χ1v) is 12.0. The summed E-state index contributed by atoms with van der Waals surface area (Å²) in [4.78, 5) is 27.3. The Labute approximate surface area is 197 Å². The Kier molecular flexibility index (Phi) is 10.3. The second-order valence-corrected chi connectivity index (χ2v) is 8.94. The summed E-state index contributed by atoms with van der Waals surface area (Å²) >= 11 is 19.6. The van der Waals surface area contributed by atoms with E-state index in [2.05, 4.69) is 5.32 Å². The van der Waals surface area contributed by atoms with Gasteiger partial charge in [0.1, 0.15) is 6.04 Å². The number of amides is 2. The van der Waals surface area contributed by atoms with Crippen LogP contribution in [0.5, 0.6) is 0 Å². The summed E-state index contributed by atoms with van der Waals surface area (Å²) in [6.07, 6.45) is 0.515. The van der Waals surface area contributed by atoms with Crippen molar-refractivity contribution in [2.75, 3.05) is 12.3 Å². The van der Waals surface area contributed by atoms with Crippen molar-refractivity contribution in [1.82, 2.24) is 10.2 Å². The van der Waals surface area contributed by atoms with E-state index in [1.165, 1.54) is 11.8 Å². The number of likely N-dealkylation sites (N-methyl/N-ethyl adjacent to an activating group) is 1. The molecule has 2 aromatic rings. The van der Waals surface area contributed by atoms with Crippen LogP contribution in [0.15, 0.2) is 42.5 Å². The van der Waals surface area contributed by atoms with Gasteiger partial charge in [-0.2, -0.15) is 0 Å². The maximum atomic E-state index is 13.1. The van der Waals surface area contributed by atoms with Gasteiger partial charge in [-0.25, -0.2) is 0 Å². The Morgan fingerprint density at radius 2 is 1.67 bits per heavy atom. The fourth-order valence-electron chi connectivity index (χ4n) is 2.97. The molecule has 0 saturated heterocycles. The van der Waals surface area contributed by atoms with Gasteiger partial charge in [-0.3, -0.25) is 9.59 Å². The molecule has 2 amide bonds. The number of nitrogens with zero attached hydrogens (tertiary/aromatic N) is 1. The summed E-state index contributed by atoms with van der Waals surface area (Å²) in [6.45, 7) is 4.55. The molecule has 0 unspecified atom stereocenters. The third-order valence-corrected chi connectivity index (χ3v) is 6.46. The molecule has 0 radical (unpaired) electrons. The molecule has 1 atom stereocenters. The minimum atomic E-state index is -0.553. The molecule has 2 rings (SSSR count). The van der Waals surface area contributed by atoms with E-state index in [1.54, 1.807) is 17.0 Å². The summed E-state index contributed by atoms with van der Waals surface area (Å²) < 4.78 is 0. The third kappa shape index (κ3) is 7.38. The van der Waals surface area contributed by atoms with Gasteiger partial charge < -0.3 is 10.2 Å². The van der Waals surface area contributed by atoms with E-state index in [4.69, 9.17) is 34.8 Å². The predicted octanol–water partition coefficient (Wildman–Crippen LogP) is 5.82. The monoisotopic (exact) mass is 486 g/mol. The Morgan fingerprint density at radius 1 is 1.00 bits per heavy atom. The second-order valence-electron chi connectivity index (χ2n) is 6.71. The lowest BCUT2D eigenvalue weighted by molar-refractivity contribution is -0.139. The van der Waals surface area contributed by atoms with E-state index in [-0.39, 0.29) is 24.1 Å². The maximum Gasteiger partial charge on any atom is 0.242 e. The second kappa shape index (κ2) is 12.5. The van der Waals surface area contributed by atoms with Gasteiger partial charge in [-0.15, -0.1) is 11.8 Å². The quantitative estimate of drug-likeness (QED) is 0.459. The molecule has 30 heavy (non-hydrogen) atoms. The number of rotatable bonds is 10. The van der Waals surface area contributed by atoms with Crippen LogP contribution in [0, 0.1) is 0 Å². The Hall–Kier alpha value is -1.40. The molecule has 0 aliphatic rings. The van der Waals surface area contributed by atoms with E-state index < -0.39 is 6.04 Å². The molecule has 4 nitrogen and oxygen atoms in total. The van der Waals surface area contributed by atoms with E-state index in [9.17, 15) is 9.59 Å². The number of halogens is 3. The molecule has 162 valence electrons. The summed E-state index contributed by atoms with van der Waals surface area (Å²) in [6, 6.07) is 12.2. The first-order valence-electron chi connectivity index (χ1n) is 9.69. The van der Waals surface area contributed by atoms with Gasteiger partial charge in [0.25, 0.3) is 0 Å². The molecule has 0 fully saturated rings. The summed E-state index contributed by atoms with van der Waals surface area (Å²) in [7, 11) is 0. The predicted molar refractivity (Wildman–Crippen MR) is 127 cm³/mol. The van der Waals surface area contributed by atoms with E-state index in [0.29, 0.717) is 33.8 Å². The van der Waals surface area contributed by atoms with Crippen LogP contribution in [0.4, 0.5) is 0 Å². The number of hydrogen-bond donors (Lipinski definition) is 1. The van der Waals surface area contributed by atoms with Gasteiger partial charge >= 0.3 is 0 Å². The van der Waals surface area contributed by atoms with Crippen LogP contribution in [0.25, 0.3) is 0 Å². The number of benzene rings is 2. The number of thioether (sulfide) groups is 1. The molecule has 0 aliphatic carbocycles. The van der Waals surface area contributed by atoms with Gasteiger partial charge in [-0.1, -0.05) is 59.9 Å². The minimum absolute atomic E-state index is 0.0989. The van der Waals surface area contributed by atoms with Gasteiger partial charge in [0.2, 0.25) is 11.8 Å². The lowest BCUT2D eigenvalue weighted by atomic mass is 10.1. The van der Waals surface area contributed by atoms with E-state index in [0.717, 1.165) is 11.1 Å². The lowest BCUT2D eigenvalue weighted by Crippen LogP contribution is -2.49. The topological polar surface area (TPSA) is 49.4 Å². The molecule has 0 saturated carbocycles. The van der Waals surface area contributed by atoms with Crippen molar-refractivity contribution in [2.24, 2.45) is 0 Å².